The minimum Gasteiger partial charge on any atom is -0.481 e. The molecule has 0 unspecified atom stereocenters. The average molecular weight is 369 g/mol. The van der Waals surface area contributed by atoms with Crippen LogP contribution in [0.5, 0.6) is 0 Å². The van der Waals surface area contributed by atoms with Gasteiger partial charge in [-0.3, -0.25) is 9.59 Å². The summed E-state index contributed by atoms with van der Waals surface area (Å²) in [5.74, 6) is -1.17. The smallest absolute Gasteiger partial charge is 0.307 e. The highest BCUT2D eigenvalue weighted by atomic mass is 79.9. The summed E-state index contributed by atoms with van der Waals surface area (Å²) in [5.41, 5.74) is 1.71. The second-order valence-corrected chi connectivity index (χ2v) is 5.61. The molecular weight excluding hydrogens is 358 g/mol. The molecule has 2 aromatic carbocycles. The maximum atomic E-state index is 12.1. The van der Waals surface area contributed by atoms with Crippen LogP contribution in [0.15, 0.2) is 46.9 Å². The standard InChI is InChI=1S/C15H11BrClNO3/c16-12-6-3-10(8-13(12)17)15(21)18-11-4-1-9(2-5-11)7-14(19)20/h1-6,8H,7H2,(H,18,21)(H,19,20). The SMILES string of the molecule is O=C(O)Cc1ccc(NC(=O)c2ccc(Br)c(Cl)c2)cc1. The lowest BCUT2D eigenvalue weighted by Gasteiger charge is -2.07. The minimum absolute atomic E-state index is 0.0451. The largest absolute Gasteiger partial charge is 0.481 e. The topological polar surface area (TPSA) is 66.4 Å². The summed E-state index contributed by atoms with van der Waals surface area (Å²) in [5, 5.41) is 11.9. The summed E-state index contributed by atoms with van der Waals surface area (Å²) in [4.78, 5) is 22.7. The fourth-order valence-corrected chi connectivity index (χ4v) is 2.15. The van der Waals surface area contributed by atoms with Crippen LogP contribution in [0.3, 0.4) is 0 Å². The first-order valence-corrected chi connectivity index (χ1v) is 7.20. The number of benzene rings is 2. The third-order valence-corrected chi connectivity index (χ3v) is 3.98. The Labute approximate surface area is 134 Å². The zero-order valence-corrected chi connectivity index (χ0v) is 13.1. The zero-order chi connectivity index (χ0) is 15.4. The number of anilines is 1. The molecule has 0 heterocycles. The van der Waals surface area contributed by atoms with E-state index in [4.69, 9.17) is 16.7 Å². The Kier molecular flexibility index (Phi) is 4.98. The maximum absolute atomic E-state index is 12.1. The van der Waals surface area contributed by atoms with Crippen LogP contribution in [0.25, 0.3) is 0 Å². The van der Waals surface area contributed by atoms with Crippen molar-refractivity contribution in [3.05, 3.63) is 63.1 Å². The number of rotatable bonds is 4. The molecule has 0 fully saturated rings. The normalized spacial score (nSPS) is 10.2. The van der Waals surface area contributed by atoms with Crippen LogP contribution in [0.4, 0.5) is 5.69 Å². The molecule has 1 amide bonds. The predicted octanol–water partition coefficient (Wildman–Crippen LogP) is 3.98. The molecule has 6 heteroatoms. The molecule has 0 radical (unpaired) electrons. The van der Waals surface area contributed by atoms with Crippen LogP contribution in [0.2, 0.25) is 5.02 Å². The molecule has 2 N–H and O–H groups in total. The van der Waals surface area contributed by atoms with Gasteiger partial charge in [-0.05, 0) is 51.8 Å². The highest BCUT2D eigenvalue weighted by Gasteiger charge is 2.08. The minimum atomic E-state index is -0.892. The lowest BCUT2D eigenvalue weighted by Crippen LogP contribution is -2.12. The molecule has 2 aromatic rings. The molecule has 108 valence electrons. The quantitative estimate of drug-likeness (QED) is 0.858. The van der Waals surface area contributed by atoms with Crippen molar-refractivity contribution < 1.29 is 14.7 Å². The summed E-state index contributed by atoms with van der Waals surface area (Å²) in [6.07, 6.45) is -0.0451. The van der Waals surface area contributed by atoms with Gasteiger partial charge in [-0.25, -0.2) is 0 Å². The van der Waals surface area contributed by atoms with Crippen LogP contribution >= 0.6 is 27.5 Å². The Morgan fingerprint density at radius 2 is 1.81 bits per heavy atom. The highest BCUT2D eigenvalue weighted by Crippen LogP contribution is 2.23. The number of carboxylic acids is 1. The van der Waals surface area contributed by atoms with E-state index >= 15 is 0 Å². The number of carbonyl (C=O) groups is 2. The van der Waals surface area contributed by atoms with Crippen molar-refractivity contribution in [3.63, 3.8) is 0 Å². The molecule has 0 saturated carbocycles. The van der Waals surface area contributed by atoms with Gasteiger partial charge in [0.15, 0.2) is 0 Å². The summed E-state index contributed by atoms with van der Waals surface area (Å²) < 4.78 is 0.721. The number of halogens is 2. The lowest BCUT2D eigenvalue weighted by molar-refractivity contribution is -0.136. The summed E-state index contributed by atoms with van der Waals surface area (Å²) >= 11 is 9.21. The van der Waals surface area contributed by atoms with Crippen LogP contribution in [-0.4, -0.2) is 17.0 Å². The Morgan fingerprint density at radius 1 is 1.14 bits per heavy atom. The molecular formula is C15H11BrClNO3. The second-order valence-electron chi connectivity index (χ2n) is 4.35. The average Bonchev–Trinajstić information content (AvgIpc) is 2.43. The lowest BCUT2D eigenvalue weighted by atomic mass is 10.1. The second kappa shape index (κ2) is 6.74. The Morgan fingerprint density at radius 3 is 2.38 bits per heavy atom. The number of nitrogens with one attached hydrogen (secondary N) is 1. The monoisotopic (exact) mass is 367 g/mol. The van der Waals surface area contributed by atoms with E-state index in [9.17, 15) is 9.59 Å². The van der Waals surface area contributed by atoms with E-state index in [1.807, 2.05) is 0 Å². The number of carboxylic acid groups (broad SMARTS) is 1. The van der Waals surface area contributed by atoms with Gasteiger partial charge in [0, 0.05) is 15.7 Å². The van der Waals surface area contributed by atoms with Gasteiger partial charge < -0.3 is 10.4 Å². The summed E-state index contributed by atoms with van der Waals surface area (Å²) in [7, 11) is 0. The molecule has 2 rings (SSSR count). The van der Waals surface area contributed by atoms with E-state index in [0.29, 0.717) is 21.8 Å². The molecule has 0 bridgehead atoms. The fraction of sp³-hybridized carbons (Fsp3) is 0.0667. The molecule has 4 nitrogen and oxygen atoms in total. The van der Waals surface area contributed by atoms with E-state index in [1.165, 1.54) is 0 Å². The van der Waals surface area contributed by atoms with Gasteiger partial charge in [-0.1, -0.05) is 23.7 Å². The van der Waals surface area contributed by atoms with Gasteiger partial charge >= 0.3 is 5.97 Å². The Hall–Kier alpha value is -1.85. The summed E-state index contributed by atoms with van der Waals surface area (Å²) in [6.45, 7) is 0. The van der Waals surface area contributed by atoms with Crippen LogP contribution in [-0.2, 0) is 11.2 Å². The first kappa shape index (κ1) is 15.5. The van der Waals surface area contributed by atoms with Crippen molar-refractivity contribution in [1.82, 2.24) is 0 Å². The van der Waals surface area contributed by atoms with Crippen molar-refractivity contribution in [1.29, 1.82) is 0 Å². The number of carbonyl (C=O) groups excluding carboxylic acids is 1. The van der Waals surface area contributed by atoms with E-state index in [2.05, 4.69) is 21.2 Å². The van der Waals surface area contributed by atoms with Crippen molar-refractivity contribution in [2.24, 2.45) is 0 Å². The number of hydrogen-bond acceptors (Lipinski definition) is 2. The fourth-order valence-electron chi connectivity index (χ4n) is 1.72. The zero-order valence-electron chi connectivity index (χ0n) is 10.8. The van der Waals surface area contributed by atoms with Crippen LogP contribution in [0.1, 0.15) is 15.9 Å². The van der Waals surface area contributed by atoms with E-state index in [-0.39, 0.29) is 12.3 Å². The van der Waals surface area contributed by atoms with Crippen molar-refractivity contribution in [2.75, 3.05) is 5.32 Å². The van der Waals surface area contributed by atoms with Gasteiger partial charge in [0.05, 0.1) is 11.4 Å². The van der Waals surface area contributed by atoms with Gasteiger partial charge in [0.25, 0.3) is 5.91 Å². The molecule has 0 aromatic heterocycles. The molecule has 0 spiro atoms. The summed E-state index contributed by atoms with van der Waals surface area (Å²) in [6, 6.07) is 11.6. The Balaban J connectivity index is 2.08. The molecule has 0 aliphatic carbocycles. The molecule has 0 aliphatic heterocycles. The maximum Gasteiger partial charge on any atom is 0.307 e. The predicted molar refractivity (Wildman–Crippen MR) is 84.9 cm³/mol. The number of hydrogen-bond donors (Lipinski definition) is 2. The molecule has 21 heavy (non-hydrogen) atoms. The van der Waals surface area contributed by atoms with Crippen LogP contribution in [0, 0.1) is 0 Å². The van der Waals surface area contributed by atoms with E-state index in [0.717, 1.165) is 4.47 Å². The first-order chi connectivity index (χ1) is 9.95. The van der Waals surface area contributed by atoms with E-state index in [1.54, 1.807) is 42.5 Å². The third-order valence-electron chi connectivity index (χ3n) is 2.75. The first-order valence-electron chi connectivity index (χ1n) is 6.03. The molecule has 0 atom stereocenters. The molecule has 0 saturated heterocycles. The Bertz CT molecular complexity index is 686. The molecule has 0 aliphatic rings. The van der Waals surface area contributed by atoms with Crippen molar-refractivity contribution in [2.45, 2.75) is 6.42 Å². The number of aliphatic carboxylic acids is 1. The van der Waals surface area contributed by atoms with Crippen molar-refractivity contribution in [3.8, 4) is 0 Å². The van der Waals surface area contributed by atoms with Crippen molar-refractivity contribution >= 4 is 45.1 Å². The van der Waals surface area contributed by atoms with Gasteiger partial charge in [0.1, 0.15) is 0 Å². The van der Waals surface area contributed by atoms with Crippen LogP contribution < -0.4 is 5.32 Å². The van der Waals surface area contributed by atoms with E-state index < -0.39 is 5.97 Å². The number of amides is 1. The highest BCUT2D eigenvalue weighted by molar-refractivity contribution is 9.10. The van der Waals surface area contributed by atoms with Gasteiger partial charge in [0.2, 0.25) is 0 Å². The van der Waals surface area contributed by atoms with Gasteiger partial charge in [-0.15, -0.1) is 0 Å². The van der Waals surface area contributed by atoms with Gasteiger partial charge in [-0.2, -0.15) is 0 Å². The third kappa shape index (κ3) is 4.31.